The van der Waals surface area contributed by atoms with Gasteiger partial charge in [0.2, 0.25) is 0 Å². The second-order valence-electron chi connectivity index (χ2n) is 5.15. The molecule has 0 saturated carbocycles. The topological polar surface area (TPSA) is 26.3 Å². The van der Waals surface area contributed by atoms with E-state index in [1.54, 1.807) is 7.11 Å². The van der Waals surface area contributed by atoms with Gasteiger partial charge in [0.05, 0.1) is 7.11 Å². The first-order valence-electron chi connectivity index (χ1n) is 7.45. The van der Waals surface area contributed by atoms with E-state index in [0.717, 1.165) is 35.3 Å². The van der Waals surface area contributed by atoms with Crippen molar-refractivity contribution in [2.24, 2.45) is 0 Å². The van der Waals surface area contributed by atoms with E-state index in [4.69, 9.17) is 4.74 Å². The largest absolute Gasteiger partial charge is 0.497 e. The van der Waals surface area contributed by atoms with Crippen LogP contribution in [0.3, 0.4) is 0 Å². The average molecular weight is 282 g/mol. The van der Waals surface area contributed by atoms with Crippen LogP contribution in [0.25, 0.3) is 0 Å². The first-order chi connectivity index (χ1) is 10.2. The van der Waals surface area contributed by atoms with Crippen LogP contribution in [-0.2, 0) is 19.3 Å². The molecule has 0 N–H and O–H groups in total. The van der Waals surface area contributed by atoms with E-state index < -0.39 is 0 Å². The van der Waals surface area contributed by atoms with E-state index in [2.05, 4.69) is 26.0 Å². The van der Waals surface area contributed by atoms with Crippen molar-refractivity contribution >= 4 is 5.78 Å². The second kappa shape index (κ2) is 7.07. The van der Waals surface area contributed by atoms with Crippen LogP contribution in [0.2, 0.25) is 0 Å². The highest BCUT2D eigenvalue weighted by Gasteiger charge is 2.12. The van der Waals surface area contributed by atoms with Gasteiger partial charge >= 0.3 is 0 Å². The number of rotatable bonds is 6. The Morgan fingerprint density at radius 3 is 2.19 bits per heavy atom. The molecule has 2 aromatic carbocycles. The van der Waals surface area contributed by atoms with E-state index in [0.29, 0.717) is 6.42 Å². The monoisotopic (exact) mass is 282 g/mol. The zero-order valence-corrected chi connectivity index (χ0v) is 13.0. The lowest BCUT2D eigenvalue weighted by Gasteiger charge is -2.09. The zero-order chi connectivity index (χ0) is 15.2. The van der Waals surface area contributed by atoms with Gasteiger partial charge in [-0.15, -0.1) is 0 Å². The van der Waals surface area contributed by atoms with Gasteiger partial charge in [-0.2, -0.15) is 0 Å². The minimum atomic E-state index is 0.187. The molecule has 0 atom stereocenters. The number of hydrogen-bond acceptors (Lipinski definition) is 2. The third-order valence-corrected chi connectivity index (χ3v) is 3.79. The van der Waals surface area contributed by atoms with Crippen LogP contribution in [0.4, 0.5) is 0 Å². The molecule has 110 valence electrons. The Balaban J connectivity index is 2.22. The van der Waals surface area contributed by atoms with Crippen molar-refractivity contribution in [3.8, 4) is 5.75 Å². The molecule has 2 heteroatoms. The Bertz CT molecular complexity index is 612. The highest BCUT2D eigenvalue weighted by atomic mass is 16.5. The van der Waals surface area contributed by atoms with Gasteiger partial charge in [0.15, 0.2) is 5.78 Å². The molecule has 0 heterocycles. The van der Waals surface area contributed by atoms with Crippen LogP contribution < -0.4 is 4.74 Å². The molecule has 2 rings (SSSR count). The third kappa shape index (κ3) is 3.72. The summed E-state index contributed by atoms with van der Waals surface area (Å²) in [6.45, 7) is 4.20. The summed E-state index contributed by atoms with van der Waals surface area (Å²) in [5, 5.41) is 0. The third-order valence-electron chi connectivity index (χ3n) is 3.79. The summed E-state index contributed by atoms with van der Waals surface area (Å²) >= 11 is 0. The van der Waals surface area contributed by atoms with Crippen LogP contribution in [0.5, 0.6) is 5.75 Å². The number of benzene rings is 2. The molecular weight excluding hydrogens is 260 g/mol. The number of aryl methyl sites for hydroxylation is 2. The average Bonchev–Trinajstić information content (AvgIpc) is 2.54. The molecule has 0 aliphatic heterocycles. The van der Waals surface area contributed by atoms with Crippen molar-refractivity contribution in [1.82, 2.24) is 0 Å². The molecule has 0 radical (unpaired) electrons. The maximum Gasteiger partial charge on any atom is 0.167 e. The molecule has 0 amide bonds. The lowest BCUT2D eigenvalue weighted by Crippen LogP contribution is -2.07. The molecule has 0 aliphatic carbocycles. The summed E-state index contributed by atoms with van der Waals surface area (Å²) in [6.07, 6.45) is 2.27. The number of methoxy groups -OCH3 is 1. The van der Waals surface area contributed by atoms with Crippen molar-refractivity contribution in [1.29, 1.82) is 0 Å². The van der Waals surface area contributed by atoms with Gasteiger partial charge in [-0.25, -0.2) is 0 Å². The number of hydrogen-bond donors (Lipinski definition) is 0. The van der Waals surface area contributed by atoms with E-state index in [9.17, 15) is 4.79 Å². The lowest BCUT2D eigenvalue weighted by atomic mass is 9.94. The van der Waals surface area contributed by atoms with Crippen LogP contribution in [0, 0.1) is 0 Å². The quantitative estimate of drug-likeness (QED) is 0.741. The Morgan fingerprint density at radius 1 is 0.952 bits per heavy atom. The smallest absolute Gasteiger partial charge is 0.167 e. The molecule has 0 unspecified atom stereocenters. The first kappa shape index (κ1) is 15.3. The Morgan fingerprint density at radius 2 is 1.62 bits per heavy atom. The van der Waals surface area contributed by atoms with Gasteiger partial charge in [0.25, 0.3) is 0 Å². The minimum absolute atomic E-state index is 0.187. The van der Waals surface area contributed by atoms with E-state index in [-0.39, 0.29) is 5.78 Å². The molecule has 0 fully saturated rings. The van der Waals surface area contributed by atoms with Crippen molar-refractivity contribution in [3.63, 3.8) is 0 Å². The SMILES string of the molecule is CCc1ccc(CC)c(C(=O)Cc2ccc(OC)cc2)c1. The van der Waals surface area contributed by atoms with E-state index in [1.807, 2.05) is 30.3 Å². The van der Waals surface area contributed by atoms with Gasteiger partial charge in [-0.1, -0.05) is 38.1 Å². The summed E-state index contributed by atoms with van der Waals surface area (Å²) in [5.41, 5.74) is 4.23. The molecule has 21 heavy (non-hydrogen) atoms. The molecule has 2 aromatic rings. The summed E-state index contributed by atoms with van der Waals surface area (Å²) in [6, 6.07) is 13.9. The second-order valence-corrected chi connectivity index (χ2v) is 5.15. The van der Waals surface area contributed by atoms with Crippen molar-refractivity contribution in [2.75, 3.05) is 7.11 Å². The maximum absolute atomic E-state index is 12.6. The zero-order valence-electron chi connectivity index (χ0n) is 13.0. The highest BCUT2D eigenvalue weighted by Crippen LogP contribution is 2.18. The first-order valence-corrected chi connectivity index (χ1v) is 7.45. The van der Waals surface area contributed by atoms with Gasteiger partial charge < -0.3 is 4.74 Å². The highest BCUT2D eigenvalue weighted by molar-refractivity contribution is 5.99. The predicted molar refractivity (Wildman–Crippen MR) is 86.2 cm³/mol. The Kier molecular flexibility index (Phi) is 5.15. The van der Waals surface area contributed by atoms with Crippen LogP contribution >= 0.6 is 0 Å². The molecule has 0 aliphatic rings. The van der Waals surface area contributed by atoms with Crippen molar-refractivity contribution in [3.05, 3.63) is 64.7 Å². The normalized spacial score (nSPS) is 10.4. The number of Topliss-reactive ketones (excluding diaryl/α,β-unsaturated/α-hetero) is 1. The fraction of sp³-hybridized carbons (Fsp3) is 0.316. The lowest BCUT2D eigenvalue weighted by molar-refractivity contribution is 0.0992. The number of carbonyl (C=O) groups is 1. The minimum Gasteiger partial charge on any atom is -0.497 e. The summed E-state index contributed by atoms with van der Waals surface area (Å²) < 4.78 is 5.14. The van der Waals surface area contributed by atoms with E-state index in [1.165, 1.54) is 5.56 Å². The molecule has 0 saturated heterocycles. The van der Waals surface area contributed by atoms with Crippen LogP contribution in [0.1, 0.15) is 40.9 Å². The molecular formula is C19H22O2. The predicted octanol–water partition coefficient (Wildman–Crippen LogP) is 4.25. The number of ether oxygens (including phenoxy) is 1. The number of ketones is 1. The Hall–Kier alpha value is -2.09. The maximum atomic E-state index is 12.6. The summed E-state index contributed by atoms with van der Waals surface area (Å²) in [5.74, 6) is 1.00. The number of carbonyl (C=O) groups excluding carboxylic acids is 1. The molecule has 0 spiro atoms. The molecule has 0 aromatic heterocycles. The fourth-order valence-electron chi connectivity index (χ4n) is 2.44. The van der Waals surface area contributed by atoms with Gasteiger partial charge in [0, 0.05) is 12.0 Å². The van der Waals surface area contributed by atoms with Gasteiger partial charge in [-0.05, 0) is 47.7 Å². The van der Waals surface area contributed by atoms with E-state index >= 15 is 0 Å². The summed E-state index contributed by atoms with van der Waals surface area (Å²) in [4.78, 5) is 12.6. The standard InChI is InChI=1S/C19H22O2/c1-4-14-6-9-16(5-2)18(12-14)19(20)13-15-7-10-17(21-3)11-8-15/h6-12H,4-5,13H2,1-3H3. The fourth-order valence-corrected chi connectivity index (χ4v) is 2.44. The van der Waals surface area contributed by atoms with Crippen LogP contribution in [-0.4, -0.2) is 12.9 Å². The molecule has 2 nitrogen and oxygen atoms in total. The van der Waals surface area contributed by atoms with Gasteiger partial charge in [-0.3, -0.25) is 4.79 Å². The van der Waals surface area contributed by atoms with Crippen molar-refractivity contribution in [2.45, 2.75) is 33.1 Å². The van der Waals surface area contributed by atoms with Gasteiger partial charge in [0.1, 0.15) is 5.75 Å². The molecule has 0 bridgehead atoms. The van der Waals surface area contributed by atoms with Crippen LogP contribution in [0.15, 0.2) is 42.5 Å². The summed E-state index contributed by atoms with van der Waals surface area (Å²) in [7, 11) is 1.64. The Labute approximate surface area is 126 Å². The van der Waals surface area contributed by atoms with Crippen molar-refractivity contribution < 1.29 is 9.53 Å².